The molecule has 38 heavy (non-hydrogen) atoms. The van der Waals surface area contributed by atoms with E-state index < -0.39 is 0 Å². The van der Waals surface area contributed by atoms with E-state index in [4.69, 9.17) is 9.84 Å². The van der Waals surface area contributed by atoms with Gasteiger partial charge in [-0.25, -0.2) is 9.36 Å². The Morgan fingerprint density at radius 1 is 0.974 bits per heavy atom. The fourth-order valence-corrected chi connectivity index (χ4v) is 4.80. The van der Waals surface area contributed by atoms with Gasteiger partial charge in [-0.1, -0.05) is 36.4 Å². The topological polar surface area (TPSA) is 108 Å². The Morgan fingerprint density at radius 3 is 2.45 bits per heavy atom. The second-order valence-corrected chi connectivity index (χ2v) is 8.85. The molecule has 1 aliphatic heterocycles. The Hall–Kier alpha value is -5.12. The number of rotatable bonds is 7. The third kappa shape index (κ3) is 4.11. The molecule has 3 aromatic carbocycles. The number of anilines is 1. The third-order valence-corrected chi connectivity index (χ3v) is 6.70. The van der Waals surface area contributed by atoms with Gasteiger partial charge in [0.15, 0.2) is 6.29 Å². The number of carbonyl (C=O) groups is 2. The lowest BCUT2D eigenvalue weighted by atomic mass is 9.99. The zero-order chi connectivity index (χ0) is 26.1. The Balaban J connectivity index is 1.37. The molecule has 2 aromatic heterocycles. The predicted molar refractivity (Wildman–Crippen MR) is 140 cm³/mol. The van der Waals surface area contributed by atoms with E-state index in [1.807, 2.05) is 66.7 Å². The van der Waals surface area contributed by atoms with Crippen LogP contribution in [0, 0.1) is 0 Å². The van der Waals surface area contributed by atoms with Crippen molar-refractivity contribution in [1.82, 2.24) is 30.0 Å². The fourth-order valence-electron chi connectivity index (χ4n) is 4.80. The molecule has 0 saturated carbocycles. The van der Waals surface area contributed by atoms with Crippen LogP contribution < -0.4 is 9.64 Å². The highest BCUT2D eigenvalue weighted by atomic mass is 16.5. The van der Waals surface area contributed by atoms with Crippen molar-refractivity contribution in [3.05, 3.63) is 102 Å². The summed E-state index contributed by atoms with van der Waals surface area (Å²) in [7, 11) is 1.61. The van der Waals surface area contributed by atoms with Crippen molar-refractivity contribution in [2.75, 3.05) is 18.6 Å². The molecular formula is C28H23N7O3. The van der Waals surface area contributed by atoms with Gasteiger partial charge >= 0.3 is 0 Å². The van der Waals surface area contributed by atoms with Gasteiger partial charge in [-0.3, -0.25) is 9.59 Å². The predicted octanol–water partition coefficient (Wildman–Crippen LogP) is 3.60. The summed E-state index contributed by atoms with van der Waals surface area (Å²) in [5.41, 5.74) is 6.06. The van der Waals surface area contributed by atoms with Crippen LogP contribution in [0.15, 0.2) is 79.1 Å². The lowest BCUT2D eigenvalue weighted by Crippen LogP contribution is -2.38. The van der Waals surface area contributed by atoms with Crippen molar-refractivity contribution >= 4 is 17.9 Å². The van der Waals surface area contributed by atoms with Gasteiger partial charge in [0.2, 0.25) is 0 Å². The molecule has 0 fully saturated rings. The van der Waals surface area contributed by atoms with E-state index in [0.717, 1.165) is 40.0 Å². The Bertz CT molecular complexity index is 1610. The molecule has 5 aromatic rings. The summed E-state index contributed by atoms with van der Waals surface area (Å²) in [5.74, 6) is 0.575. The van der Waals surface area contributed by atoms with E-state index in [1.54, 1.807) is 27.4 Å². The first-order valence-electron chi connectivity index (χ1n) is 12.1. The van der Waals surface area contributed by atoms with Gasteiger partial charge in [0, 0.05) is 23.4 Å². The Kier molecular flexibility index (Phi) is 5.97. The van der Waals surface area contributed by atoms with Crippen LogP contribution in [0.4, 0.5) is 5.69 Å². The zero-order valence-corrected chi connectivity index (χ0v) is 20.6. The molecule has 0 aliphatic carbocycles. The number of amides is 1. The molecule has 0 N–H and O–H groups in total. The average Bonchev–Trinajstić information content (AvgIpc) is 3.62. The Morgan fingerprint density at radius 2 is 1.74 bits per heavy atom. The fraction of sp³-hybridized carbons (Fsp3) is 0.143. The minimum absolute atomic E-state index is 0.140. The summed E-state index contributed by atoms with van der Waals surface area (Å²) in [6, 6.07) is 22.6. The van der Waals surface area contributed by atoms with Gasteiger partial charge in [-0.2, -0.15) is 5.10 Å². The molecule has 0 atom stereocenters. The maximum absolute atomic E-state index is 14.0. The van der Waals surface area contributed by atoms with E-state index in [2.05, 4.69) is 15.5 Å². The molecular weight excluding hydrogens is 482 g/mol. The average molecular weight is 506 g/mol. The number of carbonyl (C=O) groups excluding carboxylic acids is 2. The molecule has 6 rings (SSSR count). The minimum atomic E-state index is -0.140. The minimum Gasteiger partial charge on any atom is -0.497 e. The highest BCUT2D eigenvalue weighted by molar-refractivity contribution is 6.07. The van der Waals surface area contributed by atoms with E-state index >= 15 is 0 Å². The molecule has 10 nitrogen and oxygen atoms in total. The van der Waals surface area contributed by atoms with Crippen LogP contribution in [-0.4, -0.2) is 55.8 Å². The number of ether oxygens (including phenoxy) is 1. The lowest BCUT2D eigenvalue weighted by molar-refractivity contribution is 0.0972. The van der Waals surface area contributed by atoms with Crippen molar-refractivity contribution in [3.8, 4) is 22.6 Å². The van der Waals surface area contributed by atoms with E-state index in [9.17, 15) is 9.59 Å². The van der Waals surface area contributed by atoms with Crippen LogP contribution in [0.2, 0.25) is 0 Å². The first-order valence-corrected chi connectivity index (χ1v) is 12.1. The highest BCUT2D eigenvalue weighted by Gasteiger charge is 2.33. The van der Waals surface area contributed by atoms with Crippen LogP contribution in [0.25, 0.3) is 16.8 Å². The molecule has 1 aliphatic rings. The number of hydrogen-bond acceptors (Lipinski definition) is 7. The molecule has 0 unspecified atom stereocenters. The Labute approximate surface area is 218 Å². The highest BCUT2D eigenvalue weighted by Crippen LogP contribution is 2.31. The standard InChI is InChI=1S/C28H23N7O3/c1-38-23-12-10-22(11-13-23)35-27-25(26(30-35)16-33-18-29-31-32-33)14-15-34(28(27)37)21-8-6-19(7-9-21)24-5-3-2-4-20(24)17-36/h2-13,17-18H,14-16H2,1H3. The quantitative estimate of drug-likeness (QED) is 0.311. The van der Waals surface area contributed by atoms with Gasteiger partial charge in [0.05, 0.1) is 25.0 Å². The summed E-state index contributed by atoms with van der Waals surface area (Å²) in [4.78, 5) is 27.2. The van der Waals surface area contributed by atoms with Gasteiger partial charge in [0.1, 0.15) is 17.8 Å². The second kappa shape index (κ2) is 9.74. The molecule has 10 heteroatoms. The second-order valence-electron chi connectivity index (χ2n) is 8.85. The smallest absolute Gasteiger partial charge is 0.277 e. The van der Waals surface area contributed by atoms with Crippen LogP contribution in [0.5, 0.6) is 5.75 Å². The summed E-state index contributed by atoms with van der Waals surface area (Å²) >= 11 is 0. The maximum Gasteiger partial charge on any atom is 0.277 e. The summed E-state index contributed by atoms with van der Waals surface area (Å²) in [6.07, 6.45) is 3.01. The number of aldehydes is 1. The van der Waals surface area contributed by atoms with Gasteiger partial charge in [-0.05, 0) is 64.4 Å². The number of tetrazole rings is 1. The number of aromatic nitrogens is 6. The van der Waals surface area contributed by atoms with Crippen molar-refractivity contribution in [3.63, 3.8) is 0 Å². The van der Waals surface area contributed by atoms with E-state index in [-0.39, 0.29) is 5.91 Å². The maximum atomic E-state index is 14.0. The number of nitrogens with zero attached hydrogens (tertiary/aromatic N) is 7. The normalized spacial score (nSPS) is 12.9. The molecule has 0 spiro atoms. The van der Waals surface area contributed by atoms with E-state index in [1.165, 1.54) is 6.33 Å². The molecule has 0 saturated heterocycles. The van der Waals surface area contributed by atoms with Crippen LogP contribution in [0.3, 0.4) is 0 Å². The summed E-state index contributed by atoms with van der Waals surface area (Å²) in [5, 5.41) is 16.2. The monoisotopic (exact) mass is 505 g/mol. The van der Waals surface area contributed by atoms with Gasteiger partial charge < -0.3 is 9.64 Å². The van der Waals surface area contributed by atoms with Crippen molar-refractivity contribution in [2.45, 2.75) is 13.0 Å². The third-order valence-electron chi connectivity index (χ3n) is 6.70. The number of fused-ring (bicyclic) bond motifs is 1. The van der Waals surface area contributed by atoms with Gasteiger partial charge in [0.25, 0.3) is 5.91 Å². The SMILES string of the molecule is COc1ccc(-n2nc(Cn3cnnn3)c3c2C(=O)N(c2ccc(-c4ccccc4C=O)cc2)CC3)cc1. The van der Waals surface area contributed by atoms with Crippen LogP contribution in [0.1, 0.15) is 32.1 Å². The number of methoxy groups -OCH3 is 1. The molecule has 1 amide bonds. The number of benzene rings is 3. The van der Waals surface area contributed by atoms with Crippen LogP contribution >= 0.6 is 0 Å². The summed E-state index contributed by atoms with van der Waals surface area (Å²) in [6.45, 7) is 0.865. The number of hydrogen-bond donors (Lipinski definition) is 0. The first-order chi connectivity index (χ1) is 18.7. The molecule has 0 bridgehead atoms. The van der Waals surface area contributed by atoms with Gasteiger partial charge in [-0.15, -0.1) is 5.10 Å². The van der Waals surface area contributed by atoms with Crippen LogP contribution in [-0.2, 0) is 13.0 Å². The summed E-state index contributed by atoms with van der Waals surface area (Å²) < 4.78 is 8.58. The molecule has 188 valence electrons. The zero-order valence-electron chi connectivity index (χ0n) is 20.6. The lowest BCUT2D eigenvalue weighted by Gasteiger charge is -2.28. The largest absolute Gasteiger partial charge is 0.497 e. The molecule has 3 heterocycles. The molecule has 0 radical (unpaired) electrons. The van der Waals surface area contributed by atoms with Crippen molar-refractivity contribution < 1.29 is 14.3 Å². The van der Waals surface area contributed by atoms with Crippen molar-refractivity contribution in [2.24, 2.45) is 0 Å². The van der Waals surface area contributed by atoms with E-state index in [0.29, 0.717) is 36.5 Å². The first kappa shape index (κ1) is 23.3. The van der Waals surface area contributed by atoms with Crippen molar-refractivity contribution in [1.29, 1.82) is 0 Å².